The number of piperidine rings is 1. The van der Waals surface area contributed by atoms with Gasteiger partial charge in [-0.25, -0.2) is 13.1 Å². The zero-order valence-corrected chi connectivity index (χ0v) is 12.3. The summed E-state index contributed by atoms with van der Waals surface area (Å²) in [6, 6.07) is 9.06. The first-order valence-corrected chi connectivity index (χ1v) is 8.36. The number of hydrogen-bond acceptors (Lipinski definition) is 4. The van der Waals surface area contributed by atoms with Crippen molar-refractivity contribution in [2.75, 3.05) is 6.54 Å². The number of nitriles is 1. The third-order valence-electron chi connectivity index (χ3n) is 3.38. The Balaban J connectivity index is 2.01. The van der Waals surface area contributed by atoms with E-state index in [2.05, 4.69) is 17.0 Å². The van der Waals surface area contributed by atoms with E-state index in [4.69, 9.17) is 5.26 Å². The van der Waals surface area contributed by atoms with E-state index in [1.165, 1.54) is 0 Å². The summed E-state index contributed by atoms with van der Waals surface area (Å²) in [6.07, 6.45) is 1.61. The SMILES string of the molecule is CC1CC(NS(=O)(=O)Cc2cccc(C#N)c2)CCN1. The highest BCUT2D eigenvalue weighted by Gasteiger charge is 2.23. The Morgan fingerprint density at radius 1 is 1.50 bits per heavy atom. The highest BCUT2D eigenvalue weighted by atomic mass is 32.2. The molecule has 0 spiro atoms. The Morgan fingerprint density at radius 3 is 3.00 bits per heavy atom. The van der Waals surface area contributed by atoms with Crippen LogP contribution in [0.4, 0.5) is 0 Å². The molecular weight excluding hydrogens is 274 g/mol. The van der Waals surface area contributed by atoms with Gasteiger partial charge in [-0.2, -0.15) is 5.26 Å². The van der Waals surface area contributed by atoms with Crippen LogP contribution >= 0.6 is 0 Å². The lowest BCUT2D eigenvalue weighted by atomic mass is 10.0. The third kappa shape index (κ3) is 4.30. The van der Waals surface area contributed by atoms with Crippen molar-refractivity contribution < 1.29 is 8.42 Å². The van der Waals surface area contributed by atoms with Gasteiger partial charge in [-0.05, 0) is 44.0 Å². The van der Waals surface area contributed by atoms with Gasteiger partial charge in [0.05, 0.1) is 17.4 Å². The molecule has 1 aliphatic heterocycles. The monoisotopic (exact) mass is 293 g/mol. The first-order valence-electron chi connectivity index (χ1n) is 6.71. The second kappa shape index (κ2) is 6.35. The average Bonchev–Trinajstić information content (AvgIpc) is 2.37. The zero-order valence-electron chi connectivity index (χ0n) is 11.5. The minimum absolute atomic E-state index is 0.00426. The van der Waals surface area contributed by atoms with Crippen LogP contribution in [0.5, 0.6) is 0 Å². The van der Waals surface area contributed by atoms with E-state index in [1.807, 2.05) is 6.07 Å². The molecule has 2 N–H and O–H groups in total. The molecule has 20 heavy (non-hydrogen) atoms. The maximum absolute atomic E-state index is 12.2. The van der Waals surface area contributed by atoms with Crippen LogP contribution in [0.2, 0.25) is 0 Å². The molecule has 0 aliphatic carbocycles. The number of sulfonamides is 1. The molecule has 2 unspecified atom stereocenters. The van der Waals surface area contributed by atoms with Gasteiger partial charge in [0, 0.05) is 12.1 Å². The predicted octanol–water partition coefficient (Wildman–Crippen LogP) is 1.12. The van der Waals surface area contributed by atoms with Gasteiger partial charge in [-0.15, -0.1) is 0 Å². The van der Waals surface area contributed by atoms with Crippen molar-refractivity contribution in [1.82, 2.24) is 10.0 Å². The van der Waals surface area contributed by atoms with Gasteiger partial charge in [-0.1, -0.05) is 12.1 Å². The minimum Gasteiger partial charge on any atom is -0.314 e. The standard InChI is InChI=1S/C14H19N3O2S/c1-11-7-14(5-6-16-11)17-20(18,19)10-13-4-2-3-12(8-13)9-15/h2-4,8,11,14,16-17H,5-7,10H2,1H3. The number of rotatable bonds is 4. The molecule has 1 aromatic carbocycles. The van der Waals surface area contributed by atoms with E-state index >= 15 is 0 Å². The lowest BCUT2D eigenvalue weighted by molar-refractivity contribution is 0.361. The predicted molar refractivity (Wildman–Crippen MR) is 77.4 cm³/mol. The first kappa shape index (κ1) is 15.0. The van der Waals surface area contributed by atoms with E-state index in [9.17, 15) is 8.42 Å². The van der Waals surface area contributed by atoms with Gasteiger partial charge >= 0.3 is 0 Å². The van der Waals surface area contributed by atoms with E-state index in [0.29, 0.717) is 17.2 Å². The van der Waals surface area contributed by atoms with Gasteiger partial charge in [0.2, 0.25) is 10.0 Å². The molecule has 1 aromatic rings. The smallest absolute Gasteiger partial charge is 0.216 e. The largest absolute Gasteiger partial charge is 0.314 e. The fourth-order valence-corrected chi connectivity index (χ4v) is 3.91. The van der Waals surface area contributed by atoms with Crippen molar-refractivity contribution in [3.63, 3.8) is 0 Å². The fourth-order valence-electron chi connectivity index (χ4n) is 2.48. The van der Waals surface area contributed by atoms with Gasteiger partial charge < -0.3 is 5.32 Å². The molecule has 1 heterocycles. The van der Waals surface area contributed by atoms with Crippen molar-refractivity contribution in [2.24, 2.45) is 0 Å². The lowest BCUT2D eigenvalue weighted by Crippen LogP contribution is -2.46. The molecular formula is C14H19N3O2S. The van der Waals surface area contributed by atoms with Gasteiger partial charge in [0.25, 0.3) is 0 Å². The molecule has 1 aliphatic rings. The molecule has 0 radical (unpaired) electrons. The van der Waals surface area contributed by atoms with Crippen molar-refractivity contribution in [2.45, 2.75) is 37.6 Å². The Morgan fingerprint density at radius 2 is 2.30 bits per heavy atom. The third-order valence-corrected chi connectivity index (χ3v) is 4.79. The van der Waals surface area contributed by atoms with Gasteiger partial charge in [0.1, 0.15) is 0 Å². The number of benzene rings is 1. The van der Waals surface area contributed by atoms with Crippen LogP contribution in [-0.2, 0) is 15.8 Å². The summed E-state index contributed by atoms with van der Waals surface area (Å²) in [5.41, 5.74) is 1.12. The highest BCUT2D eigenvalue weighted by Crippen LogP contribution is 2.12. The number of hydrogen-bond donors (Lipinski definition) is 2. The molecule has 0 saturated carbocycles. The highest BCUT2D eigenvalue weighted by molar-refractivity contribution is 7.88. The van der Waals surface area contributed by atoms with E-state index in [1.54, 1.807) is 24.3 Å². The van der Waals surface area contributed by atoms with Crippen LogP contribution in [0.25, 0.3) is 0 Å². The summed E-state index contributed by atoms with van der Waals surface area (Å²) in [4.78, 5) is 0. The molecule has 1 saturated heterocycles. The van der Waals surface area contributed by atoms with Crippen molar-refractivity contribution in [1.29, 1.82) is 5.26 Å². The summed E-state index contributed by atoms with van der Waals surface area (Å²) < 4.78 is 27.1. The van der Waals surface area contributed by atoms with Crippen LogP contribution in [0.3, 0.4) is 0 Å². The van der Waals surface area contributed by atoms with Gasteiger partial charge in [-0.3, -0.25) is 0 Å². The maximum atomic E-state index is 12.2. The topological polar surface area (TPSA) is 82.0 Å². The molecule has 5 nitrogen and oxygen atoms in total. The van der Waals surface area contributed by atoms with E-state index < -0.39 is 10.0 Å². The summed E-state index contributed by atoms with van der Waals surface area (Å²) >= 11 is 0. The first-order chi connectivity index (χ1) is 9.48. The molecule has 6 heteroatoms. The van der Waals surface area contributed by atoms with Crippen molar-refractivity contribution >= 4 is 10.0 Å². The molecule has 1 fully saturated rings. The number of nitrogens with zero attached hydrogens (tertiary/aromatic N) is 1. The van der Waals surface area contributed by atoms with Crippen molar-refractivity contribution in [3.05, 3.63) is 35.4 Å². The number of nitrogens with one attached hydrogen (secondary N) is 2. The molecule has 2 rings (SSSR count). The summed E-state index contributed by atoms with van der Waals surface area (Å²) in [5, 5.41) is 12.1. The fraction of sp³-hybridized carbons (Fsp3) is 0.500. The average molecular weight is 293 g/mol. The molecule has 108 valence electrons. The molecule has 0 amide bonds. The Bertz CT molecular complexity index is 607. The zero-order chi connectivity index (χ0) is 14.6. The normalized spacial score (nSPS) is 23.2. The van der Waals surface area contributed by atoms with Gasteiger partial charge in [0.15, 0.2) is 0 Å². The molecule has 0 bridgehead atoms. The maximum Gasteiger partial charge on any atom is 0.216 e. The van der Waals surface area contributed by atoms with Crippen LogP contribution in [0.15, 0.2) is 24.3 Å². The Labute approximate surface area is 120 Å². The quantitative estimate of drug-likeness (QED) is 0.871. The van der Waals surface area contributed by atoms with Crippen molar-refractivity contribution in [3.8, 4) is 6.07 Å². The minimum atomic E-state index is -3.37. The second-order valence-electron chi connectivity index (χ2n) is 5.27. The summed E-state index contributed by atoms with van der Waals surface area (Å²) in [6.45, 7) is 2.88. The van der Waals surface area contributed by atoms with Crippen LogP contribution in [-0.4, -0.2) is 27.0 Å². The molecule has 0 aromatic heterocycles. The molecule has 2 atom stereocenters. The van der Waals surface area contributed by atoms with Crippen LogP contribution in [0.1, 0.15) is 30.9 Å². The summed E-state index contributed by atoms with van der Waals surface area (Å²) in [5.74, 6) is -0.0825. The van der Waals surface area contributed by atoms with Crippen LogP contribution < -0.4 is 10.0 Å². The second-order valence-corrected chi connectivity index (χ2v) is 7.02. The summed E-state index contributed by atoms with van der Waals surface area (Å²) in [7, 11) is -3.37. The Kier molecular flexibility index (Phi) is 4.76. The lowest BCUT2D eigenvalue weighted by Gasteiger charge is -2.28. The van der Waals surface area contributed by atoms with Crippen LogP contribution in [0, 0.1) is 11.3 Å². The Hall–Kier alpha value is -1.42. The van der Waals surface area contributed by atoms with E-state index in [0.717, 1.165) is 19.4 Å². The van der Waals surface area contributed by atoms with E-state index in [-0.39, 0.29) is 11.8 Å².